The smallest absolute Gasteiger partial charge is 0.238 e. The lowest BCUT2D eigenvalue weighted by Gasteiger charge is -2.08. The molecular weight excluding hydrogens is 437 g/mol. The van der Waals surface area contributed by atoms with Gasteiger partial charge < -0.3 is 14.3 Å². The van der Waals surface area contributed by atoms with Gasteiger partial charge in [0.15, 0.2) is 0 Å². The van der Waals surface area contributed by atoms with E-state index in [0.29, 0.717) is 36.6 Å². The van der Waals surface area contributed by atoms with Gasteiger partial charge in [-0.3, -0.25) is 0 Å². The Bertz CT molecular complexity index is 1130. The first kappa shape index (κ1) is 23.7. The minimum absolute atomic E-state index is 0.00239. The molecule has 0 aliphatic rings. The zero-order valence-electron chi connectivity index (χ0n) is 17.3. The van der Waals surface area contributed by atoms with Gasteiger partial charge in [0.2, 0.25) is 10.0 Å². The van der Waals surface area contributed by atoms with Crippen molar-refractivity contribution in [3.8, 4) is 16.9 Å². The number of hydrogen-bond donors (Lipinski definition) is 1. The molecule has 32 heavy (non-hydrogen) atoms. The van der Waals surface area contributed by atoms with Crippen LogP contribution >= 0.6 is 0 Å². The van der Waals surface area contributed by atoms with Gasteiger partial charge >= 0.3 is 0 Å². The second kappa shape index (κ2) is 11.1. The summed E-state index contributed by atoms with van der Waals surface area (Å²) in [7, 11) is -3.81. The highest BCUT2D eigenvalue weighted by Gasteiger charge is 2.14. The van der Waals surface area contributed by atoms with Crippen LogP contribution < -0.4 is 5.14 Å². The molecule has 0 atom stereocenters. The van der Waals surface area contributed by atoms with Crippen molar-refractivity contribution < 1.29 is 27.1 Å². The number of unbranched alkanes of at least 4 members (excludes halogenated alkanes) is 1. The van der Waals surface area contributed by atoms with E-state index in [-0.39, 0.29) is 23.9 Å². The van der Waals surface area contributed by atoms with E-state index in [9.17, 15) is 17.6 Å². The number of ether oxygens (including phenoxy) is 2. The maximum Gasteiger partial charge on any atom is 0.238 e. The van der Waals surface area contributed by atoms with Gasteiger partial charge in [-0.2, -0.15) is 5.10 Å². The molecule has 0 aliphatic heterocycles. The average Bonchev–Trinajstić information content (AvgIpc) is 3.20. The van der Waals surface area contributed by atoms with Gasteiger partial charge in [-0.25, -0.2) is 22.6 Å². The minimum atomic E-state index is -3.81. The van der Waals surface area contributed by atoms with Crippen molar-refractivity contribution in [2.75, 3.05) is 19.8 Å². The molecule has 170 valence electrons. The zero-order chi connectivity index (χ0) is 23.0. The van der Waals surface area contributed by atoms with Crippen molar-refractivity contribution >= 4 is 16.3 Å². The maximum absolute atomic E-state index is 13.4. The molecule has 0 amide bonds. The minimum Gasteiger partial charge on any atom is -0.375 e. The zero-order valence-corrected chi connectivity index (χ0v) is 18.1. The van der Waals surface area contributed by atoms with E-state index in [1.807, 2.05) is 6.07 Å². The monoisotopic (exact) mass is 461 g/mol. The highest BCUT2D eigenvalue weighted by molar-refractivity contribution is 7.89. The Morgan fingerprint density at radius 2 is 1.66 bits per heavy atom. The number of aldehydes is 1. The molecule has 1 heterocycles. The van der Waals surface area contributed by atoms with Crippen LogP contribution in [0.1, 0.15) is 18.5 Å². The van der Waals surface area contributed by atoms with Crippen molar-refractivity contribution in [1.29, 1.82) is 0 Å². The van der Waals surface area contributed by atoms with Crippen LogP contribution in [0.15, 0.2) is 59.5 Å². The lowest BCUT2D eigenvalue weighted by Crippen LogP contribution is -2.12. The number of sulfonamides is 1. The van der Waals surface area contributed by atoms with E-state index in [0.717, 1.165) is 18.4 Å². The van der Waals surface area contributed by atoms with Crippen LogP contribution in [0.2, 0.25) is 0 Å². The van der Waals surface area contributed by atoms with Crippen LogP contribution in [0.25, 0.3) is 16.9 Å². The van der Waals surface area contributed by atoms with E-state index in [2.05, 4.69) is 5.10 Å². The summed E-state index contributed by atoms with van der Waals surface area (Å²) in [6, 6.07) is 13.9. The van der Waals surface area contributed by atoms with Crippen molar-refractivity contribution in [3.05, 3.63) is 66.1 Å². The van der Waals surface area contributed by atoms with E-state index >= 15 is 0 Å². The Balaban J connectivity index is 1.75. The van der Waals surface area contributed by atoms with Crippen molar-refractivity contribution in [3.63, 3.8) is 0 Å². The molecule has 1 aromatic heterocycles. The normalized spacial score (nSPS) is 11.6. The Morgan fingerprint density at radius 1 is 1.00 bits per heavy atom. The number of primary sulfonamides is 1. The predicted octanol–water partition coefficient (Wildman–Crippen LogP) is 2.84. The van der Waals surface area contributed by atoms with E-state index < -0.39 is 10.0 Å². The Labute approximate surface area is 185 Å². The topological polar surface area (TPSA) is 114 Å². The van der Waals surface area contributed by atoms with Gasteiger partial charge in [0, 0.05) is 18.8 Å². The molecule has 0 bridgehead atoms. The third-order valence-electron chi connectivity index (χ3n) is 4.57. The summed E-state index contributed by atoms with van der Waals surface area (Å²) in [5, 5.41) is 9.76. The molecule has 2 aromatic carbocycles. The van der Waals surface area contributed by atoms with Crippen LogP contribution in [0, 0.1) is 5.82 Å². The SMILES string of the molecule is NS(=O)(=O)c1ccc(-n2nc(COCCCCOCC=O)cc2-c2ccc(F)cc2)cc1. The summed E-state index contributed by atoms with van der Waals surface area (Å²) in [5.41, 5.74) is 2.73. The van der Waals surface area contributed by atoms with Crippen LogP contribution in [0.5, 0.6) is 0 Å². The van der Waals surface area contributed by atoms with E-state index in [4.69, 9.17) is 14.6 Å². The summed E-state index contributed by atoms with van der Waals surface area (Å²) in [5.74, 6) is -0.349. The largest absolute Gasteiger partial charge is 0.375 e. The first-order valence-corrected chi connectivity index (χ1v) is 11.5. The number of halogens is 1. The number of nitrogens with two attached hydrogens (primary N) is 1. The molecule has 3 aromatic rings. The first-order valence-electron chi connectivity index (χ1n) is 9.96. The van der Waals surface area contributed by atoms with Crippen LogP contribution in [0.4, 0.5) is 4.39 Å². The van der Waals surface area contributed by atoms with Crippen LogP contribution in [-0.2, 0) is 30.9 Å². The Morgan fingerprint density at radius 3 is 2.28 bits per heavy atom. The molecule has 0 fully saturated rings. The van der Waals surface area contributed by atoms with Crippen molar-refractivity contribution in [1.82, 2.24) is 9.78 Å². The Hall–Kier alpha value is -2.92. The first-order chi connectivity index (χ1) is 15.4. The predicted molar refractivity (Wildman–Crippen MR) is 116 cm³/mol. The number of aromatic nitrogens is 2. The number of carbonyl (C=O) groups excluding carboxylic acids is 1. The van der Waals surface area contributed by atoms with Gasteiger partial charge in [-0.05, 0) is 67.4 Å². The third kappa shape index (κ3) is 6.54. The number of nitrogens with zero attached hydrogens (tertiary/aromatic N) is 2. The van der Waals surface area contributed by atoms with E-state index in [1.165, 1.54) is 24.3 Å². The summed E-state index contributed by atoms with van der Waals surface area (Å²) in [6.45, 7) is 1.38. The number of rotatable bonds is 12. The molecular formula is C22H24FN3O5S. The van der Waals surface area contributed by atoms with Crippen molar-refractivity contribution in [2.45, 2.75) is 24.3 Å². The van der Waals surface area contributed by atoms with Gasteiger partial charge in [-0.1, -0.05) is 0 Å². The fourth-order valence-electron chi connectivity index (χ4n) is 3.02. The summed E-state index contributed by atoms with van der Waals surface area (Å²) in [6.07, 6.45) is 2.27. The summed E-state index contributed by atoms with van der Waals surface area (Å²) >= 11 is 0. The second-order valence-electron chi connectivity index (χ2n) is 6.98. The molecule has 10 heteroatoms. The molecule has 0 spiro atoms. The van der Waals surface area contributed by atoms with Gasteiger partial charge in [0.25, 0.3) is 0 Å². The molecule has 3 rings (SSSR count). The molecule has 0 saturated carbocycles. The summed E-state index contributed by atoms with van der Waals surface area (Å²) in [4.78, 5) is 10.2. The number of benzene rings is 2. The molecule has 8 nitrogen and oxygen atoms in total. The highest BCUT2D eigenvalue weighted by Crippen LogP contribution is 2.25. The second-order valence-corrected chi connectivity index (χ2v) is 8.54. The standard InChI is InChI=1S/C22H24FN3O5S/c23-18-5-3-17(4-6-18)22-15-19(16-31-13-2-1-12-30-14-11-27)25-26(22)20-7-9-21(10-8-20)32(24,28)29/h3-11,15H,1-2,12-14,16H2,(H2,24,28,29). The lowest BCUT2D eigenvalue weighted by molar-refractivity contribution is -0.111. The average molecular weight is 462 g/mol. The van der Waals surface area contributed by atoms with Crippen molar-refractivity contribution in [2.24, 2.45) is 5.14 Å². The fourth-order valence-corrected chi connectivity index (χ4v) is 3.53. The van der Waals surface area contributed by atoms with Crippen LogP contribution in [0.3, 0.4) is 0 Å². The van der Waals surface area contributed by atoms with Crippen LogP contribution in [-0.4, -0.2) is 44.3 Å². The lowest BCUT2D eigenvalue weighted by atomic mass is 10.1. The molecule has 0 unspecified atom stereocenters. The molecule has 0 radical (unpaired) electrons. The Kier molecular flexibility index (Phi) is 8.23. The quantitative estimate of drug-likeness (QED) is 0.328. The fraction of sp³-hybridized carbons (Fsp3) is 0.273. The molecule has 2 N–H and O–H groups in total. The third-order valence-corrected chi connectivity index (χ3v) is 5.50. The summed E-state index contributed by atoms with van der Waals surface area (Å²) < 4.78 is 48.9. The van der Waals surface area contributed by atoms with Gasteiger partial charge in [-0.15, -0.1) is 0 Å². The maximum atomic E-state index is 13.4. The molecule has 0 aliphatic carbocycles. The number of hydrogen-bond acceptors (Lipinski definition) is 6. The number of carbonyl (C=O) groups is 1. The van der Waals surface area contributed by atoms with E-state index in [1.54, 1.807) is 28.9 Å². The van der Waals surface area contributed by atoms with Gasteiger partial charge in [0.1, 0.15) is 18.7 Å². The van der Waals surface area contributed by atoms with Gasteiger partial charge in [0.05, 0.1) is 28.6 Å². The molecule has 0 saturated heterocycles. The highest BCUT2D eigenvalue weighted by atomic mass is 32.2.